The second-order valence-electron chi connectivity index (χ2n) is 6.42. The van der Waals surface area contributed by atoms with Gasteiger partial charge < -0.3 is 5.32 Å². The molecule has 1 heterocycles. The summed E-state index contributed by atoms with van der Waals surface area (Å²) in [5.41, 5.74) is 1.84. The van der Waals surface area contributed by atoms with Gasteiger partial charge in [0.15, 0.2) is 9.84 Å². The number of fused-ring (bicyclic) bond motifs is 1. The lowest BCUT2D eigenvalue weighted by molar-refractivity contribution is 0.102. The topological polar surface area (TPSA) is 87.0 Å². The van der Waals surface area contributed by atoms with Crippen molar-refractivity contribution in [2.45, 2.75) is 31.1 Å². The lowest BCUT2D eigenvalue weighted by Gasteiger charge is -2.17. The fourth-order valence-corrected chi connectivity index (χ4v) is 5.02. The Kier molecular flexibility index (Phi) is 4.67. The molecule has 0 fully saturated rings. The number of carbonyl (C=O) groups is 1. The van der Waals surface area contributed by atoms with E-state index < -0.39 is 15.7 Å². The normalized spacial score (nSPS) is 16.8. The van der Waals surface area contributed by atoms with E-state index in [1.165, 1.54) is 29.5 Å². The second-order valence-corrected chi connectivity index (χ2v) is 9.54. The number of hydrogen-bond acceptors (Lipinski definition) is 5. The van der Waals surface area contributed by atoms with Crippen molar-refractivity contribution < 1.29 is 13.2 Å². The molecule has 3 rings (SSSR count). The fraction of sp³-hybridized carbons (Fsp3) is 0.333. The Morgan fingerprint density at radius 1 is 1.40 bits per heavy atom. The lowest BCUT2D eigenvalue weighted by Crippen LogP contribution is -2.13. The largest absolute Gasteiger partial charge is 0.312 e. The third-order valence-electron chi connectivity index (χ3n) is 4.37. The summed E-state index contributed by atoms with van der Waals surface area (Å²) >= 11 is 1.45. The van der Waals surface area contributed by atoms with Crippen molar-refractivity contribution in [3.8, 4) is 6.07 Å². The van der Waals surface area contributed by atoms with Gasteiger partial charge in [0, 0.05) is 16.7 Å². The van der Waals surface area contributed by atoms with Crippen LogP contribution in [0.4, 0.5) is 5.00 Å². The van der Waals surface area contributed by atoms with Crippen LogP contribution in [0.15, 0.2) is 29.2 Å². The summed E-state index contributed by atoms with van der Waals surface area (Å²) in [6.45, 7) is 2.18. The zero-order chi connectivity index (χ0) is 18.2. The molecule has 1 aromatic carbocycles. The maximum Gasteiger partial charge on any atom is 0.256 e. The van der Waals surface area contributed by atoms with Gasteiger partial charge in [-0.15, -0.1) is 11.3 Å². The molecule has 2 aromatic rings. The quantitative estimate of drug-likeness (QED) is 0.892. The number of benzene rings is 1. The van der Waals surface area contributed by atoms with Gasteiger partial charge in [-0.3, -0.25) is 4.79 Å². The maximum atomic E-state index is 12.5. The Balaban J connectivity index is 1.91. The van der Waals surface area contributed by atoms with Crippen LogP contribution < -0.4 is 5.32 Å². The Morgan fingerprint density at radius 3 is 2.84 bits per heavy atom. The van der Waals surface area contributed by atoms with Crippen LogP contribution in [0.3, 0.4) is 0 Å². The first kappa shape index (κ1) is 17.6. The third-order valence-corrected chi connectivity index (χ3v) is 6.65. The number of nitrogens with one attached hydrogen (secondary N) is 1. The number of nitrogens with zero attached hydrogens (tertiary/aromatic N) is 1. The summed E-state index contributed by atoms with van der Waals surface area (Å²) in [6, 6.07) is 8.12. The van der Waals surface area contributed by atoms with Crippen molar-refractivity contribution >= 4 is 32.1 Å². The summed E-state index contributed by atoms with van der Waals surface area (Å²) in [5.74, 6) is 0.168. The molecule has 1 N–H and O–H groups in total. The molecule has 5 nitrogen and oxygen atoms in total. The number of nitriles is 1. The van der Waals surface area contributed by atoms with Gasteiger partial charge in [-0.2, -0.15) is 5.26 Å². The summed E-state index contributed by atoms with van der Waals surface area (Å²) in [5, 5.41) is 12.8. The van der Waals surface area contributed by atoms with Crippen molar-refractivity contribution in [3.05, 3.63) is 45.8 Å². The van der Waals surface area contributed by atoms with Gasteiger partial charge in [0.25, 0.3) is 5.91 Å². The van der Waals surface area contributed by atoms with Gasteiger partial charge >= 0.3 is 0 Å². The number of carbonyl (C=O) groups excluding carboxylic acids is 1. The minimum absolute atomic E-state index is 0.0972. The second kappa shape index (κ2) is 6.62. The smallest absolute Gasteiger partial charge is 0.256 e. The lowest BCUT2D eigenvalue weighted by atomic mass is 9.88. The molecule has 0 radical (unpaired) electrons. The third kappa shape index (κ3) is 3.60. The molecule has 25 heavy (non-hydrogen) atoms. The average Bonchev–Trinajstić information content (AvgIpc) is 2.90. The maximum absolute atomic E-state index is 12.5. The highest BCUT2D eigenvalue weighted by molar-refractivity contribution is 7.90. The monoisotopic (exact) mass is 374 g/mol. The van der Waals surface area contributed by atoms with Crippen LogP contribution in [0.25, 0.3) is 0 Å². The van der Waals surface area contributed by atoms with Crippen LogP contribution in [0.2, 0.25) is 0 Å². The van der Waals surface area contributed by atoms with E-state index in [-0.39, 0.29) is 10.5 Å². The first-order chi connectivity index (χ1) is 11.8. The first-order valence-corrected chi connectivity index (χ1v) is 10.7. The van der Waals surface area contributed by atoms with Crippen LogP contribution in [0.1, 0.15) is 39.7 Å². The van der Waals surface area contributed by atoms with E-state index in [1.807, 2.05) is 0 Å². The molecule has 0 saturated heterocycles. The predicted octanol–water partition coefficient (Wildman–Crippen LogP) is 3.40. The zero-order valence-electron chi connectivity index (χ0n) is 14.0. The minimum Gasteiger partial charge on any atom is -0.312 e. The molecule has 1 amide bonds. The van der Waals surface area contributed by atoms with Gasteiger partial charge in [0.05, 0.1) is 10.5 Å². The highest BCUT2D eigenvalue weighted by atomic mass is 32.2. The molecular formula is C18H18N2O3S2. The van der Waals surface area contributed by atoms with Crippen molar-refractivity contribution in [2.24, 2.45) is 5.92 Å². The zero-order valence-corrected chi connectivity index (χ0v) is 15.6. The molecule has 0 unspecified atom stereocenters. The van der Waals surface area contributed by atoms with Crippen LogP contribution in [0.5, 0.6) is 0 Å². The molecule has 1 aliphatic carbocycles. The summed E-state index contributed by atoms with van der Waals surface area (Å²) in [6.07, 6.45) is 3.93. The SMILES string of the molecule is C[C@@H]1CCc2c(sc(NC(=O)c3cccc(S(C)(=O)=O)c3)c2C#N)C1. The van der Waals surface area contributed by atoms with E-state index in [1.54, 1.807) is 6.07 Å². The molecule has 0 saturated carbocycles. The van der Waals surface area contributed by atoms with E-state index in [0.717, 1.165) is 36.0 Å². The Hall–Kier alpha value is -2.17. The van der Waals surface area contributed by atoms with Crippen molar-refractivity contribution in [1.29, 1.82) is 5.26 Å². The number of rotatable bonds is 3. The van der Waals surface area contributed by atoms with Gasteiger partial charge in [0.2, 0.25) is 0 Å². The van der Waals surface area contributed by atoms with Crippen molar-refractivity contribution in [1.82, 2.24) is 0 Å². The highest BCUT2D eigenvalue weighted by Crippen LogP contribution is 2.39. The molecule has 0 aliphatic heterocycles. The average molecular weight is 374 g/mol. The van der Waals surface area contributed by atoms with Gasteiger partial charge in [-0.1, -0.05) is 13.0 Å². The van der Waals surface area contributed by atoms with Crippen LogP contribution in [-0.2, 0) is 22.7 Å². The highest BCUT2D eigenvalue weighted by Gasteiger charge is 2.25. The Bertz CT molecular complexity index is 984. The van der Waals surface area contributed by atoms with E-state index >= 15 is 0 Å². The molecule has 130 valence electrons. The predicted molar refractivity (Wildman–Crippen MR) is 97.7 cm³/mol. The molecule has 1 aromatic heterocycles. The van der Waals surface area contributed by atoms with E-state index in [2.05, 4.69) is 18.3 Å². The van der Waals surface area contributed by atoms with Crippen LogP contribution in [0, 0.1) is 17.2 Å². The van der Waals surface area contributed by atoms with Crippen molar-refractivity contribution in [2.75, 3.05) is 11.6 Å². The molecule has 0 spiro atoms. The first-order valence-electron chi connectivity index (χ1n) is 7.95. The molecule has 7 heteroatoms. The Morgan fingerprint density at radius 2 is 2.16 bits per heavy atom. The van der Waals surface area contributed by atoms with Crippen LogP contribution >= 0.6 is 11.3 Å². The summed E-state index contributed by atoms with van der Waals surface area (Å²) in [7, 11) is -3.38. The fourth-order valence-electron chi connectivity index (χ4n) is 3.00. The van der Waals surface area contributed by atoms with Crippen molar-refractivity contribution in [3.63, 3.8) is 0 Å². The van der Waals surface area contributed by atoms with E-state index in [4.69, 9.17) is 0 Å². The summed E-state index contributed by atoms with van der Waals surface area (Å²) in [4.78, 5) is 13.8. The van der Waals surface area contributed by atoms with E-state index in [0.29, 0.717) is 16.5 Å². The minimum atomic E-state index is -3.38. The Labute approximate surface area is 151 Å². The summed E-state index contributed by atoms with van der Waals surface area (Å²) < 4.78 is 23.3. The van der Waals surface area contributed by atoms with Crippen LogP contribution in [-0.4, -0.2) is 20.6 Å². The molecule has 1 atom stereocenters. The molecule has 1 aliphatic rings. The molecular weight excluding hydrogens is 356 g/mol. The number of sulfone groups is 1. The molecule has 0 bridgehead atoms. The number of amides is 1. The number of hydrogen-bond donors (Lipinski definition) is 1. The number of anilines is 1. The van der Waals surface area contributed by atoms with Gasteiger partial charge in [-0.25, -0.2) is 8.42 Å². The van der Waals surface area contributed by atoms with E-state index in [9.17, 15) is 18.5 Å². The van der Waals surface area contributed by atoms with Gasteiger partial charge in [-0.05, 0) is 48.9 Å². The number of thiophene rings is 1. The van der Waals surface area contributed by atoms with Gasteiger partial charge in [0.1, 0.15) is 11.1 Å². The standard InChI is InChI=1S/C18H18N2O3S2/c1-11-6-7-14-15(10-19)18(24-16(14)8-11)20-17(21)12-4-3-5-13(9-12)25(2,22)23/h3-5,9,11H,6-8H2,1-2H3,(H,20,21)/t11-/m1/s1.